The van der Waals surface area contributed by atoms with Gasteiger partial charge in [-0.3, -0.25) is 4.79 Å². The molecule has 1 saturated carbocycles. The molecule has 26 heavy (non-hydrogen) atoms. The van der Waals surface area contributed by atoms with Crippen molar-refractivity contribution in [3.8, 4) is 11.5 Å². The van der Waals surface area contributed by atoms with Gasteiger partial charge >= 0.3 is 0 Å². The highest BCUT2D eigenvalue weighted by molar-refractivity contribution is 5.79. The average Bonchev–Trinajstić information content (AvgIpc) is 3.14. The monoisotopic (exact) mass is 358 g/mol. The Morgan fingerprint density at radius 2 is 1.96 bits per heavy atom. The Morgan fingerprint density at radius 3 is 2.77 bits per heavy atom. The number of benzene rings is 1. The third kappa shape index (κ3) is 3.83. The van der Waals surface area contributed by atoms with E-state index in [9.17, 15) is 4.79 Å². The van der Waals surface area contributed by atoms with E-state index >= 15 is 0 Å². The highest BCUT2D eigenvalue weighted by Crippen LogP contribution is 2.34. The SMILES string of the molecule is C[C@H]1C[C@@H](C(=O)N(Cc2ccc3c(c2)OCO3)C2CCCCC2)CCN1. The number of nitrogens with zero attached hydrogens (tertiary/aromatic N) is 1. The van der Waals surface area contributed by atoms with Gasteiger partial charge in [0.25, 0.3) is 0 Å². The molecular weight excluding hydrogens is 328 g/mol. The van der Waals surface area contributed by atoms with Crippen LogP contribution < -0.4 is 14.8 Å². The minimum Gasteiger partial charge on any atom is -0.454 e. The fourth-order valence-corrected chi connectivity index (χ4v) is 4.61. The van der Waals surface area contributed by atoms with E-state index in [-0.39, 0.29) is 12.7 Å². The van der Waals surface area contributed by atoms with E-state index in [2.05, 4.69) is 23.2 Å². The molecule has 1 aromatic carbocycles. The van der Waals surface area contributed by atoms with Crippen LogP contribution >= 0.6 is 0 Å². The third-order valence-electron chi connectivity index (χ3n) is 6.06. The van der Waals surface area contributed by atoms with E-state index in [0.29, 0.717) is 24.5 Å². The highest BCUT2D eigenvalue weighted by Gasteiger charge is 2.33. The first-order valence-corrected chi connectivity index (χ1v) is 10.1. The van der Waals surface area contributed by atoms with Gasteiger partial charge in [-0.25, -0.2) is 0 Å². The zero-order valence-electron chi connectivity index (χ0n) is 15.7. The third-order valence-corrected chi connectivity index (χ3v) is 6.06. The van der Waals surface area contributed by atoms with Gasteiger partial charge < -0.3 is 19.7 Å². The molecule has 0 radical (unpaired) electrons. The molecule has 1 amide bonds. The maximum atomic E-state index is 13.4. The fourth-order valence-electron chi connectivity index (χ4n) is 4.61. The van der Waals surface area contributed by atoms with Crippen molar-refractivity contribution >= 4 is 5.91 Å². The molecule has 1 saturated heterocycles. The molecule has 0 unspecified atom stereocenters. The van der Waals surface area contributed by atoms with Gasteiger partial charge in [0, 0.05) is 24.5 Å². The second-order valence-corrected chi connectivity index (χ2v) is 8.02. The average molecular weight is 358 g/mol. The summed E-state index contributed by atoms with van der Waals surface area (Å²) >= 11 is 0. The van der Waals surface area contributed by atoms with Crippen LogP contribution in [-0.4, -0.2) is 36.2 Å². The van der Waals surface area contributed by atoms with Crippen molar-refractivity contribution in [1.82, 2.24) is 10.2 Å². The Morgan fingerprint density at radius 1 is 1.15 bits per heavy atom. The summed E-state index contributed by atoms with van der Waals surface area (Å²) in [6.07, 6.45) is 7.94. The molecule has 142 valence electrons. The summed E-state index contributed by atoms with van der Waals surface area (Å²) in [6.45, 7) is 4.10. The molecule has 2 atom stereocenters. The molecule has 2 heterocycles. The molecule has 3 aliphatic rings. The number of amides is 1. The molecule has 5 nitrogen and oxygen atoms in total. The lowest BCUT2D eigenvalue weighted by molar-refractivity contribution is -0.140. The summed E-state index contributed by atoms with van der Waals surface area (Å²) in [5.74, 6) is 2.11. The Balaban J connectivity index is 1.53. The summed E-state index contributed by atoms with van der Waals surface area (Å²) in [4.78, 5) is 15.6. The van der Waals surface area contributed by atoms with Crippen LogP contribution in [0.15, 0.2) is 18.2 Å². The molecule has 0 spiro atoms. The molecule has 2 fully saturated rings. The van der Waals surface area contributed by atoms with Gasteiger partial charge in [-0.2, -0.15) is 0 Å². The molecule has 2 aliphatic heterocycles. The first-order valence-electron chi connectivity index (χ1n) is 10.1. The largest absolute Gasteiger partial charge is 0.454 e. The summed E-state index contributed by atoms with van der Waals surface area (Å²) in [5.41, 5.74) is 1.13. The Labute approximate surface area is 156 Å². The Hall–Kier alpha value is -1.75. The first kappa shape index (κ1) is 17.7. The van der Waals surface area contributed by atoms with Crippen molar-refractivity contribution in [3.63, 3.8) is 0 Å². The second-order valence-electron chi connectivity index (χ2n) is 8.02. The minimum atomic E-state index is 0.155. The summed E-state index contributed by atoms with van der Waals surface area (Å²) in [7, 11) is 0. The van der Waals surface area contributed by atoms with Crippen molar-refractivity contribution in [1.29, 1.82) is 0 Å². The van der Waals surface area contributed by atoms with Gasteiger partial charge in [0.05, 0.1) is 0 Å². The van der Waals surface area contributed by atoms with Crippen molar-refractivity contribution < 1.29 is 14.3 Å². The molecule has 0 aromatic heterocycles. The molecule has 5 heteroatoms. The number of carbonyl (C=O) groups is 1. The van der Waals surface area contributed by atoms with Crippen LogP contribution in [-0.2, 0) is 11.3 Å². The van der Waals surface area contributed by atoms with Crippen molar-refractivity contribution in [2.45, 2.75) is 70.5 Å². The maximum Gasteiger partial charge on any atom is 0.231 e. The first-order chi connectivity index (χ1) is 12.7. The van der Waals surface area contributed by atoms with Gasteiger partial charge in [0.2, 0.25) is 12.7 Å². The highest BCUT2D eigenvalue weighted by atomic mass is 16.7. The lowest BCUT2D eigenvalue weighted by Gasteiger charge is -2.38. The molecule has 4 rings (SSSR count). The van der Waals surface area contributed by atoms with Crippen LogP contribution in [0.3, 0.4) is 0 Å². The smallest absolute Gasteiger partial charge is 0.231 e. The zero-order chi connectivity index (χ0) is 17.9. The van der Waals surface area contributed by atoms with E-state index in [1.54, 1.807) is 0 Å². The summed E-state index contributed by atoms with van der Waals surface area (Å²) in [5, 5.41) is 3.46. The van der Waals surface area contributed by atoms with E-state index in [1.807, 2.05) is 12.1 Å². The number of piperidine rings is 1. The summed E-state index contributed by atoms with van der Waals surface area (Å²) < 4.78 is 10.9. The quantitative estimate of drug-likeness (QED) is 0.895. The predicted molar refractivity (Wildman–Crippen MR) is 100 cm³/mol. The number of nitrogens with one attached hydrogen (secondary N) is 1. The van der Waals surface area contributed by atoms with Gasteiger partial charge in [-0.05, 0) is 56.8 Å². The van der Waals surface area contributed by atoms with Crippen LogP contribution in [0.2, 0.25) is 0 Å². The molecular formula is C21H30N2O3. The molecule has 0 bridgehead atoms. The van der Waals surface area contributed by atoms with Crippen LogP contribution in [0, 0.1) is 5.92 Å². The topological polar surface area (TPSA) is 50.8 Å². The van der Waals surface area contributed by atoms with Crippen LogP contribution in [0.5, 0.6) is 11.5 Å². The second kappa shape index (κ2) is 7.87. The van der Waals surface area contributed by atoms with E-state index in [0.717, 1.165) is 49.3 Å². The van der Waals surface area contributed by atoms with Crippen LogP contribution in [0.1, 0.15) is 57.4 Å². The number of hydrogen-bond donors (Lipinski definition) is 1. The van der Waals surface area contributed by atoms with Gasteiger partial charge in [0.1, 0.15) is 0 Å². The molecule has 1 aromatic rings. The number of hydrogen-bond acceptors (Lipinski definition) is 4. The Kier molecular flexibility index (Phi) is 5.34. The standard InChI is InChI=1S/C21H30N2O3/c1-15-11-17(9-10-22-15)21(24)23(18-5-3-2-4-6-18)13-16-7-8-19-20(12-16)26-14-25-19/h7-8,12,15,17-18,22H,2-6,9-11,13-14H2,1H3/t15-,17-/m0/s1. The van der Waals surface area contributed by atoms with Crippen LogP contribution in [0.25, 0.3) is 0 Å². The predicted octanol–water partition coefficient (Wildman–Crippen LogP) is 3.46. The van der Waals surface area contributed by atoms with E-state index in [4.69, 9.17) is 9.47 Å². The van der Waals surface area contributed by atoms with E-state index < -0.39 is 0 Å². The number of rotatable bonds is 4. The summed E-state index contributed by atoms with van der Waals surface area (Å²) in [6, 6.07) is 6.88. The lowest BCUT2D eigenvalue weighted by Crippen LogP contribution is -2.48. The van der Waals surface area contributed by atoms with Crippen molar-refractivity contribution in [3.05, 3.63) is 23.8 Å². The number of ether oxygens (including phenoxy) is 2. The number of carbonyl (C=O) groups excluding carboxylic acids is 1. The maximum absolute atomic E-state index is 13.4. The van der Waals surface area contributed by atoms with E-state index in [1.165, 1.54) is 19.3 Å². The zero-order valence-corrected chi connectivity index (χ0v) is 15.7. The lowest BCUT2D eigenvalue weighted by atomic mass is 9.88. The fraction of sp³-hybridized carbons (Fsp3) is 0.667. The van der Waals surface area contributed by atoms with Crippen LogP contribution in [0.4, 0.5) is 0 Å². The number of fused-ring (bicyclic) bond motifs is 1. The van der Waals surface area contributed by atoms with Crippen molar-refractivity contribution in [2.75, 3.05) is 13.3 Å². The van der Waals surface area contributed by atoms with Gasteiger partial charge in [0.15, 0.2) is 11.5 Å². The molecule has 1 N–H and O–H groups in total. The van der Waals surface area contributed by atoms with Gasteiger partial charge in [-0.15, -0.1) is 0 Å². The normalized spacial score (nSPS) is 25.9. The van der Waals surface area contributed by atoms with Gasteiger partial charge in [-0.1, -0.05) is 25.3 Å². The minimum absolute atomic E-state index is 0.155. The Bertz CT molecular complexity index is 642. The van der Waals surface area contributed by atoms with Crippen molar-refractivity contribution in [2.24, 2.45) is 5.92 Å². The molecule has 1 aliphatic carbocycles.